The Balaban J connectivity index is 1.69. The van der Waals surface area contributed by atoms with Gasteiger partial charge in [0.25, 0.3) is 0 Å². The van der Waals surface area contributed by atoms with Gasteiger partial charge in [-0.05, 0) is 42.2 Å². The molecule has 1 heterocycles. The zero-order chi connectivity index (χ0) is 14.8. The number of hydrogen-bond acceptors (Lipinski definition) is 1. The van der Waals surface area contributed by atoms with Crippen molar-refractivity contribution < 1.29 is 4.39 Å². The third-order valence-corrected chi connectivity index (χ3v) is 3.82. The van der Waals surface area contributed by atoms with Crippen molar-refractivity contribution in [3.63, 3.8) is 0 Å². The van der Waals surface area contributed by atoms with E-state index in [1.165, 1.54) is 10.9 Å². The van der Waals surface area contributed by atoms with Crippen molar-refractivity contribution in [3.05, 3.63) is 70.7 Å². The third kappa shape index (κ3) is 2.83. The van der Waals surface area contributed by atoms with Gasteiger partial charge >= 0.3 is 0 Å². The summed E-state index contributed by atoms with van der Waals surface area (Å²) in [6.45, 7) is 5.15. The molecule has 0 saturated heterocycles. The molecule has 0 amide bonds. The van der Waals surface area contributed by atoms with Crippen molar-refractivity contribution in [1.29, 1.82) is 0 Å². The fourth-order valence-corrected chi connectivity index (χ4v) is 2.76. The Kier molecular flexibility index (Phi) is 3.76. The number of aryl methyl sites for hydroxylation is 2. The van der Waals surface area contributed by atoms with Gasteiger partial charge in [0.1, 0.15) is 5.82 Å². The minimum Gasteiger partial charge on any atom is -0.361 e. The lowest BCUT2D eigenvalue weighted by atomic mass is 10.1. The topological polar surface area (TPSA) is 27.8 Å². The summed E-state index contributed by atoms with van der Waals surface area (Å²) < 4.78 is 13.6. The molecule has 0 saturated carbocycles. The predicted octanol–water partition coefficient (Wildman–Crippen LogP) is 4.21. The standard InChI is InChI=1S/C18H19FN2/c1-12-7-14(8-13(2)18(12)19)9-20-10-15-11-21-17-6-4-3-5-16(15)17/h3-8,11,20-21H,9-10H2,1-2H3. The lowest BCUT2D eigenvalue weighted by molar-refractivity contribution is 0.606. The monoisotopic (exact) mass is 282 g/mol. The first-order valence-corrected chi connectivity index (χ1v) is 7.16. The fourth-order valence-electron chi connectivity index (χ4n) is 2.76. The number of fused-ring (bicyclic) bond motifs is 1. The van der Waals surface area contributed by atoms with E-state index in [2.05, 4.69) is 22.4 Å². The summed E-state index contributed by atoms with van der Waals surface area (Å²) in [7, 11) is 0. The molecule has 0 aliphatic rings. The lowest BCUT2D eigenvalue weighted by Crippen LogP contribution is -2.13. The predicted molar refractivity (Wildman–Crippen MR) is 84.7 cm³/mol. The lowest BCUT2D eigenvalue weighted by Gasteiger charge is -2.08. The molecule has 21 heavy (non-hydrogen) atoms. The van der Waals surface area contributed by atoms with Crippen LogP contribution in [0.25, 0.3) is 10.9 Å². The van der Waals surface area contributed by atoms with Crippen molar-refractivity contribution >= 4 is 10.9 Å². The van der Waals surface area contributed by atoms with Crippen LogP contribution in [0.1, 0.15) is 22.3 Å². The van der Waals surface area contributed by atoms with E-state index >= 15 is 0 Å². The maximum Gasteiger partial charge on any atom is 0.129 e. The van der Waals surface area contributed by atoms with E-state index in [9.17, 15) is 4.39 Å². The van der Waals surface area contributed by atoms with Crippen LogP contribution in [-0.4, -0.2) is 4.98 Å². The number of halogens is 1. The first-order valence-electron chi connectivity index (χ1n) is 7.16. The number of benzene rings is 2. The van der Waals surface area contributed by atoms with Gasteiger partial charge in [0.15, 0.2) is 0 Å². The fraction of sp³-hybridized carbons (Fsp3) is 0.222. The van der Waals surface area contributed by atoms with E-state index in [4.69, 9.17) is 0 Å². The second kappa shape index (κ2) is 5.70. The molecule has 0 bridgehead atoms. The molecule has 3 rings (SSSR count). The molecule has 0 spiro atoms. The Morgan fingerprint density at radius 3 is 2.52 bits per heavy atom. The molecule has 3 aromatic rings. The summed E-state index contributed by atoms with van der Waals surface area (Å²) >= 11 is 0. The summed E-state index contributed by atoms with van der Waals surface area (Å²) in [5.74, 6) is -0.102. The number of nitrogens with one attached hydrogen (secondary N) is 2. The average molecular weight is 282 g/mol. The molecule has 0 atom stereocenters. The molecule has 1 aromatic heterocycles. The highest BCUT2D eigenvalue weighted by atomic mass is 19.1. The number of H-pyrrole nitrogens is 1. The van der Waals surface area contributed by atoms with Gasteiger partial charge < -0.3 is 10.3 Å². The van der Waals surface area contributed by atoms with Crippen LogP contribution in [0.3, 0.4) is 0 Å². The zero-order valence-electron chi connectivity index (χ0n) is 12.3. The average Bonchev–Trinajstić information content (AvgIpc) is 2.88. The highest BCUT2D eigenvalue weighted by Crippen LogP contribution is 2.18. The largest absolute Gasteiger partial charge is 0.361 e. The first-order chi connectivity index (χ1) is 10.1. The van der Waals surface area contributed by atoms with Gasteiger partial charge in [-0.3, -0.25) is 0 Å². The van der Waals surface area contributed by atoms with Crippen molar-refractivity contribution in [1.82, 2.24) is 10.3 Å². The second-order valence-corrected chi connectivity index (χ2v) is 5.51. The molecule has 2 nitrogen and oxygen atoms in total. The Morgan fingerprint density at radius 2 is 1.76 bits per heavy atom. The maximum absolute atomic E-state index is 13.6. The molecule has 0 fully saturated rings. The minimum absolute atomic E-state index is 0.102. The number of rotatable bonds is 4. The van der Waals surface area contributed by atoms with E-state index < -0.39 is 0 Å². The van der Waals surface area contributed by atoms with Crippen LogP contribution in [0.5, 0.6) is 0 Å². The number of aromatic nitrogens is 1. The molecule has 2 aromatic carbocycles. The van der Waals surface area contributed by atoms with Gasteiger partial charge in [0.05, 0.1) is 0 Å². The Labute approximate surface area is 124 Å². The van der Waals surface area contributed by atoms with Crippen LogP contribution in [0.15, 0.2) is 42.6 Å². The second-order valence-electron chi connectivity index (χ2n) is 5.51. The normalized spacial score (nSPS) is 11.2. The maximum atomic E-state index is 13.6. The molecule has 3 heteroatoms. The van der Waals surface area contributed by atoms with Gasteiger partial charge in [-0.1, -0.05) is 30.3 Å². The van der Waals surface area contributed by atoms with E-state index in [1.54, 1.807) is 0 Å². The van der Waals surface area contributed by atoms with Gasteiger partial charge in [-0.25, -0.2) is 4.39 Å². The quantitative estimate of drug-likeness (QED) is 0.737. The Bertz CT molecular complexity index is 751. The summed E-state index contributed by atoms with van der Waals surface area (Å²) in [5.41, 5.74) is 4.94. The van der Waals surface area contributed by atoms with Crippen LogP contribution >= 0.6 is 0 Å². The molecule has 0 radical (unpaired) electrons. The third-order valence-electron chi connectivity index (χ3n) is 3.82. The van der Waals surface area contributed by atoms with E-state index in [-0.39, 0.29) is 5.82 Å². The highest BCUT2D eigenvalue weighted by molar-refractivity contribution is 5.82. The van der Waals surface area contributed by atoms with E-state index in [1.807, 2.05) is 44.3 Å². The summed E-state index contributed by atoms with van der Waals surface area (Å²) in [5, 5.41) is 4.67. The number of para-hydroxylation sites is 1. The highest BCUT2D eigenvalue weighted by Gasteiger charge is 2.05. The van der Waals surface area contributed by atoms with Crippen molar-refractivity contribution in [3.8, 4) is 0 Å². The van der Waals surface area contributed by atoms with Crippen LogP contribution in [0, 0.1) is 19.7 Å². The molecular weight excluding hydrogens is 263 g/mol. The van der Waals surface area contributed by atoms with Crippen molar-refractivity contribution in [2.24, 2.45) is 0 Å². The zero-order valence-corrected chi connectivity index (χ0v) is 12.3. The summed E-state index contributed by atoms with van der Waals surface area (Å²) in [4.78, 5) is 3.27. The molecule has 0 aliphatic carbocycles. The van der Waals surface area contributed by atoms with Gasteiger partial charge in [-0.15, -0.1) is 0 Å². The van der Waals surface area contributed by atoms with Crippen LogP contribution in [-0.2, 0) is 13.1 Å². The molecule has 108 valence electrons. The molecule has 0 aliphatic heterocycles. The smallest absolute Gasteiger partial charge is 0.129 e. The first kappa shape index (κ1) is 13.8. The van der Waals surface area contributed by atoms with Crippen molar-refractivity contribution in [2.75, 3.05) is 0 Å². The van der Waals surface area contributed by atoms with Crippen molar-refractivity contribution in [2.45, 2.75) is 26.9 Å². The Morgan fingerprint density at radius 1 is 1.05 bits per heavy atom. The molecule has 2 N–H and O–H groups in total. The van der Waals surface area contributed by atoms with E-state index in [0.29, 0.717) is 11.1 Å². The number of hydrogen-bond donors (Lipinski definition) is 2. The van der Waals surface area contributed by atoms with E-state index in [0.717, 1.165) is 24.2 Å². The molecule has 0 unspecified atom stereocenters. The minimum atomic E-state index is -0.102. The summed E-state index contributed by atoms with van der Waals surface area (Å²) in [6, 6.07) is 12.1. The Hall–Kier alpha value is -2.13. The summed E-state index contributed by atoms with van der Waals surface area (Å²) in [6.07, 6.45) is 2.04. The van der Waals surface area contributed by atoms with Crippen LogP contribution in [0.4, 0.5) is 4.39 Å². The van der Waals surface area contributed by atoms with Gasteiger partial charge in [0.2, 0.25) is 0 Å². The SMILES string of the molecule is Cc1cc(CNCc2c[nH]c3ccccc23)cc(C)c1F. The van der Waals surface area contributed by atoms with Crippen LogP contribution in [0.2, 0.25) is 0 Å². The number of aromatic amines is 1. The van der Waals surface area contributed by atoms with Crippen LogP contribution < -0.4 is 5.32 Å². The van der Waals surface area contributed by atoms with Gasteiger partial charge in [-0.2, -0.15) is 0 Å². The molecular formula is C18H19FN2. The van der Waals surface area contributed by atoms with Gasteiger partial charge in [0, 0.05) is 30.2 Å².